The van der Waals surface area contributed by atoms with Crippen LogP contribution in [0, 0.1) is 10.1 Å². The van der Waals surface area contributed by atoms with Gasteiger partial charge < -0.3 is 0 Å². The Balaban J connectivity index is 1.89. The molecule has 5 heteroatoms. The molecule has 3 rings (SSSR count). The quantitative estimate of drug-likeness (QED) is 0.249. The van der Waals surface area contributed by atoms with Crippen LogP contribution in [0.1, 0.15) is 32.7 Å². The average Bonchev–Trinajstić information content (AvgIpc) is 2.74. The van der Waals surface area contributed by atoms with Gasteiger partial charge in [0.25, 0.3) is 5.69 Å². The standard InChI is InChI=1S/C23H17NO4/c25-22(18-9-5-2-6-10-18)15-20(17-7-3-1-4-8-17)16-23(26)19-11-13-21(14-12-19)24(27)28/h1-15H,16H2/b20-15-. The van der Waals surface area contributed by atoms with E-state index in [-0.39, 0.29) is 23.7 Å². The summed E-state index contributed by atoms with van der Waals surface area (Å²) in [6.07, 6.45) is 1.49. The molecule has 28 heavy (non-hydrogen) atoms. The molecule has 138 valence electrons. The maximum Gasteiger partial charge on any atom is 0.269 e. The van der Waals surface area contributed by atoms with Crippen molar-refractivity contribution >= 4 is 22.8 Å². The van der Waals surface area contributed by atoms with Crippen molar-refractivity contribution in [2.75, 3.05) is 0 Å². The first-order valence-electron chi connectivity index (χ1n) is 8.67. The lowest BCUT2D eigenvalue weighted by Gasteiger charge is -2.08. The molecule has 0 saturated heterocycles. The van der Waals surface area contributed by atoms with E-state index < -0.39 is 4.92 Å². The highest BCUT2D eigenvalue weighted by Gasteiger charge is 2.14. The van der Waals surface area contributed by atoms with Crippen molar-refractivity contribution in [2.45, 2.75) is 6.42 Å². The summed E-state index contributed by atoms with van der Waals surface area (Å²) in [4.78, 5) is 35.6. The maximum atomic E-state index is 12.7. The van der Waals surface area contributed by atoms with Gasteiger partial charge in [0.05, 0.1) is 4.92 Å². The van der Waals surface area contributed by atoms with Crippen molar-refractivity contribution in [1.82, 2.24) is 0 Å². The van der Waals surface area contributed by atoms with E-state index in [1.54, 1.807) is 24.3 Å². The van der Waals surface area contributed by atoms with Crippen molar-refractivity contribution in [3.63, 3.8) is 0 Å². The molecule has 0 radical (unpaired) electrons. The van der Waals surface area contributed by atoms with E-state index in [0.717, 1.165) is 5.56 Å². The molecular weight excluding hydrogens is 354 g/mol. The zero-order valence-corrected chi connectivity index (χ0v) is 14.9. The van der Waals surface area contributed by atoms with Crippen molar-refractivity contribution in [2.24, 2.45) is 0 Å². The van der Waals surface area contributed by atoms with Crippen molar-refractivity contribution in [3.8, 4) is 0 Å². The van der Waals surface area contributed by atoms with Crippen LogP contribution in [0.2, 0.25) is 0 Å². The normalized spacial score (nSPS) is 11.1. The van der Waals surface area contributed by atoms with E-state index in [1.807, 2.05) is 36.4 Å². The Kier molecular flexibility index (Phi) is 5.87. The van der Waals surface area contributed by atoms with E-state index >= 15 is 0 Å². The third-order valence-corrected chi connectivity index (χ3v) is 4.26. The highest BCUT2D eigenvalue weighted by Crippen LogP contribution is 2.23. The lowest BCUT2D eigenvalue weighted by atomic mass is 9.95. The van der Waals surface area contributed by atoms with Gasteiger partial charge in [0.2, 0.25) is 0 Å². The molecule has 5 nitrogen and oxygen atoms in total. The van der Waals surface area contributed by atoms with E-state index in [2.05, 4.69) is 0 Å². The fourth-order valence-corrected chi connectivity index (χ4v) is 2.78. The monoisotopic (exact) mass is 371 g/mol. The van der Waals surface area contributed by atoms with Crippen molar-refractivity contribution in [1.29, 1.82) is 0 Å². The second kappa shape index (κ2) is 8.68. The van der Waals surface area contributed by atoms with Crippen LogP contribution in [0.25, 0.3) is 5.57 Å². The zero-order valence-electron chi connectivity index (χ0n) is 14.9. The van der Waals surface area contributed by atoms with Crippen LogP contribution in [0.5, 0.6) is 0 Å². The Morgan fingerprint density at radius 1 is 0.750 bits per heavy atom. The van der Waals surface area contributed by atoms with E-state index in [0.29, 0.717) is 16.7 Å². The maximum absolute atomic E-state index is 12.7. The van der Waals surface area contributed by atoms with Gasteiger partial charge in [-0.1, -0.05) is 60.7 Å². The second-order valence-corrected chi connectivity index (χ2v) is 6.17. The highest BCUT2D eigenvalue weighted by molar-refractivity contribution is 6.11. The first kappa shape index (κ1) is 18.9. The van der Waals surface area contributed by atoms with Gasteiger partial charge in [-0.2, -0.15) is 0 Å². The molecule has 0 aromatic heterocycles. The van der Waals surface area contributed by atoms with Crippen LogP contribution in [-0.4, -0.2) is 16.5 Å². The fraction of sp³-hybridized carbons (Fsp3) is 0.0435. The molecule has 0 heterocycles. The number of carbonyl (C=O) groups excluding carboxylic acids is 2. The van der Waals surface area contributed by atoms with E-state index in [4.69, 9.17) is 0 Å². The number of nitro benzene ring substituents is 1. The molecule has 0 saturated carbocycles. The second-order valence-electron chi connectivity index (χ2n) is 6.17. The van der Waals surface area contributed by atoms with Gasteiger partial charge in [-0.25, -0.2) is 0 Å². The molecule has 0 fully saturated rings. The molecule has 0 amide bonds. The molecule has 0 aliphatic heterocycles. The summed E-state index contributed by atoms with van der Waals surface area (Å²) in [5, 5.41) is 10.8. The third-order valence-electron chi connectivity index (χ3n) is 4.26. The van der Waals surface area contributed by atoms with Gasteiger partial charge in [-0.15, -0.1) is 0 Å². The molecule has 0 aliphatic rings. The summed E-state index contributed by atoms with van der Waals surface area (Å²) >= 11 is 0. The summed E-state index contributed by atoms with van der Waals surface area (Å²) in [5.41, 5.74) is 2.20. The number of benzene rings is 3. The number of hydrogen-bond acceptors (Lipinski definition) is 4. The first-order valence-corrected chi connectivity index (χ1v) is 8.67. The lowest BCUT2D eigenvalue weighted by molar-refractivity contribution is -0.384. The number of nitro groups is 1. The van der Waals surface area contributed by atoms with Crippen LogP contribution in [-0.2, 0) is 0 Å². The van der Waals surface area contributed by atoms with Crippen molar-refractivity contribution < 1.29 is 14.5 Å². The van der Waals surface area contributed by atoms with Gasteiger partial charge in [-0.3, -0.25) is 19.7 Å². The Morgan fingerprint density at radius 3 is 1.82 bits per heavy atom. The molecule has 3 aromatic carbocycles. The SMILES string of the molecule is O=C(/C=C(/CC(=O)c1ccc([N+](=O)[O-])cc1)c1ccccc1)c1ccccc1. The van der Waals surface area contributed by atoms with Gasteiger partial charge in [0.15, 0.2) is 11.6 Å². The van der Waals surface area contributed by atoms with Gasteiger partial charge in [0, 0.05) is 29.7 Å². The van der Waals surface area contributed by atoms with Gasteiger partial charge in [-0.05, 0) is 29.3 Å². The molecule has 0 atom stereocenters. The number of Topliss-reactive ketones (excluding diaryl/α,β-unsaturated/α-hetero) is 1. The number of nitrogens with zero attached hydrogens (tertiary/aromatic N) is 1. The summed E-state index contributed by atoms with van der Waals surface area (Å²) < 4.78 is 0. The average molecular weight is 371 g/mol. The summed E-state index contributed by atoms with van der Waals surface area (Å²) in [7, 11) is 0. The predicted molar refractivity (Wildman–Crippen MR) is 107 cm³/mol. The minimum absolute atomic E-state index is 0.0143. The topological polar surface area (TPSA) is 77.3 Å². The van der Waals surface area contributed by atoms with Gasteiger partial charge in [0.1, 0.15) is 0 Å². The lowest BCUT2D eigenvalue weighted by Crippen LogP contribution is -2.03. The summed E-state index contributed by atoms with van der Waals surface area (Å²) in [5.74, 6) is -0.401. The van der Waals surface area contributed by atoms with E-state index in [9.17, 15) is 19.7 Å². The minimum atomic E-state index is -0.512. The zero-order chi connectivity index (χ0) is 19.9. The fourth-order valence-electron chi connectivity index (χ4n) is 2.78. The first-order chi connectivity index (χ1) is 13.5. The smallest absolute Gasteiger partial charge is 0.269 e. The summed E-state index contributed by atoms with van der Waals surface area (Å²) in [6, 6.07) is 23.5. The Bertz CT molecular complexity index is 1020. The molecule has 0 bridgehead atoms. The number of ketones is 2. The Hall–Kier alpha value is -3.86. The number of allylic oxidation sites excluding steroid dienone is 2. The van der Waals surface area contributed by atoms with E-state index in [1.165, 1.54) is 30.3 Å². The molecular formula is C23H17NO4. The Labute approximate surface area is 162 Å². The minimum Gasteiger partial charge on any atom is -0.294 e. The van der Waals surface area contributed by atoms with Gasteiger partial charge >= 0.3 is 0 Å². The van der Waals surface area contributed by atoms with Crippen LogP contribution in [0.4, 0.5) is 5.69 Å². The summed E-state index contributed by atoms with van der Waals surface area (Å²) in [6.45, 7) is 0. The molecule has 0 spiro atoms. The largest absolute Gasteiger partial charge is 0.294 e. The number of rotatable bonds is 7. The van der Waals surface area contributed by atoms with Crippen LogP contribution < -0.4 is 0 Å². The Morgan fingerprint density at radius 2 is 1.29 bits per heavy atom. The third kappa shape index (κ3) is 4.65. The predicted octanol–water partition coefficient (Wildman–Crippen LogP) is 5.13. The molecule has 0 N–H and O–H groups in total. The van der Waals surface area contributed by atoms with Crippen LogP contribution in [0.15, 0.2) is 91.0 Å². The van der Waals surface area contributed by atoms with Crippen molar-refractivity contribution in [3.05, 3.63) is 118 Å². The van der Waals surface area contributed by atoms with Crippen LogP contribution >= 0.6 is 0 Å². The highest BCUT2D eigenvalue weighted by atomic mass is 16.6. The number of carbonyl (C=O) groups is 2. The number of hydrogen-bond donors (Lipinski definition) is 0. The van der Waals surface area contributed by atoms with Crippen LogP contribution in [0.3, 0.4) is 0 Å². The molecule has 3 aromatic rings. The molecule has 0 aliphatic carbocycles. The molecule has 0 unspecified atom stereocenters. The number of non-ortho nitro benzene ring substituents is 1.